The molecular weight excluding hydrogens is 144 g/mol. The van der Waals surface area contributed by atoms with Crippen LogP contribution in [0.3, 0.4) is 0 Å². The zero-order valence-electron chi connectivity index (χ0n) is 6.76. The van der Waals surface area contributed by atoms with Crippen molar-refractivity contribution in [2.75, 3.05) is 6.61 Å². The van der Waals surface area contributed by atoms with Crippen LogP contribution in [0.15, 0.2) is 0 Å². The first-order chi connectivity index (χ1) is 5.18. The van der Waals surface area contributed by atoms with Gasteiger partial charge in [0.15, 0.2) is 6.10 Å². The molecule has 0 radical (unpaired) electrons. The van der Waals surface area contributed by atoms with Crippen molar-refractivity contribution in [2.45, 2.75) is 26.4 Å². The molecule has 0 rings (SSSR count). The molecule has 0 bridgehead atoms. The molecule has 0 fully saturated rings. The second-order valence-corrected chi connectivity index (χ2v) is 2.03. The summed E-state index contributed by atoms with van der Waals surface area (Å²) in [6, 6.07) is 0. The van der Waals surface area contributed by atoms with Crippen molar-refractivity contribution < 1.29 is 14.6 Å². The molecule has 0 amide bonds. The summed E-state index contributed by atoms with van der Waals surface area (Å²) >= 11 is 0. The lowest BCUT2D eigenvalue weighted by Gasteiger charge is -2.04. The summed E-state index contributed by atoms with van der Waals surface area (Å²) in [5.41, 5.74) is 0. The minimum atomic E-state index is -0.936. The maximum Gasteiger partial charge on any atom is 0.332 e. The SMILES string of the molecule is CC#CCCO[C@H](C)C(=O)O. The number of carboxylic acids is 1. The average Bonchev–Trinajstić information content (AvgIpc) is 1.97. The molecule has 1 N–H and O–H groups in total. The number of ether oxygens (including phenoxy) is 1. The molecule has 62 valence electrons. The molecule has 0 saturated heterocycles. The van der Waals surface area contributed by atoms with E-state index >= 15 is 0 Å². The van der Waals surface area contributed by atoms with Crippen molar-refractivity contribution in [2.24, 2.45) is 0 Å². The smallest absolute Gasteiger partial charge is 0.332 e. The number of rotatable bonds is 4. The van der Waals surface area contributed by atoms with Crippen molar-refractivity contribution in [3.05, 3.63) is 0 Å². The standard InChI is InChI=1S/C8H12O3/c1-3-4-5-6-11-7(2)8(9)10/h7H,5-6H2,1-2H3,(H,9,10)/t7-/m1/s1. The summed E-state index contributed by atoms with van der Waals surface area (Å²) in [4.78, 5) is 10.2. The number of carbonyl (C=O) groups is 1. The average molecular weight is 156 g/mol. The quantitative estimate of drug-likeness (QED) is 0.485. The monoisotopic (exact) mass is 156 g/mol. The van der Waals surface area contributed by atoms with Crippen LogP contribution in [-0.2, 0) is 9.53 Å². The minimum absolute atomic E-state index is 0.383. The normalized spacial score (nSPS) is 11.5. The summed E-state index contributed by atoms with van der Waals surface area (Å²) < 4.78 is 4.90. The van der Waals surface area contributed by atoms with E-state index in [1.165, 1.54) is 6.92 Å². The van der Waals surface area contributed by atoms with E-state index in [1.807, 2.05) is 0 Å². The molecule has 0 unspecified atom stereocenters. The molecule has 0 aliphatic heterocycles. The van der Waals surface area contributed by atoms with Gasteiger partial charge < -0.3 is 9.84 Å². The van der Waals surface area contributed by atoms with Crippen LogP contribution in [-0.4, -0.2) is 23.8 Å². The van der Waals surface area contributed by atoms with Gasteiger partial charge in [0.1, 0.15) is 0 Å². The number of hydrogen-bond acceptors (Lipinski definition) is 2. The Morgan fingerprint density at radius 2 is 2.36 bits per heavy atom. The Hall–Kier alpha value is -1.01. The van der Waals surface area contributed by atoms with Crippen LogP contribution in [0.5, 0.6) is 0 Å². The van der Waals surface area contributed by atoms with Crippen LogP contribution in [0.2, 0.25) is 0 Å². The molecule has 0 aromatic rings. The van der Waals surface area contributed by atoms with Gasteiger partial charge in [0.05, 0.1) is 6.61 Å². The lowest BCUT2D eigenvalue weighted by Crippen LogP contribution is -2.20. The van der Waals surface area contributed by atoms with E-state index < -0.39 is 12.1 Å². The molecule has 0 aliphatic rings. The van der Waals surface area contributed by atoms with Gasteiger partial charge in [0.25, 0.3) is 0 Å². The highest BCUT2D eigenvalue weighted by molar-refractivity contribution is 5.71. The summed E-state index contributed by atoms with van der Waals surface area (Å²) in [5, 5.41) is 8.38. The molecule has 0 spiro atoms. The Morgan fingerprint density at radius 1 is 1.73 bits per heavy atom. The van der Waals surface area contributed by atoms with Gasteiger partial charge in [-0.1, -0.05) is 0 Å². The number of carboxylic acid groups (broad SMARTS) is 1. The molecular formula is C8H12O3. The van der Waals surface area contributed by atoms with E-state index in [9.17, 15) is 4.79 Å². The van der Waals surface area contributed by atoms with E-state index in [1.54, 1.807) is 6.92 Å². The van der Waals surface area contributed by atoms with Crippen LogP contribution in [0.4, 0.5) is 0 Å². The van der Waals surface area contributed by atoms with Gasteiger partial charge in [-0.15, -0.1) is 11.8 Å². The lowest BCUT2D eigenvalue weighted by molar-refractivity contribution is -0.148. The van der Waals surface area contributed by atoms with Crippen LogP contribution in [0.1, 0.15) is 20.3 Å². The summed E-state index contributed by atoms with van der Waals surface area (Å²) in [5.74, 6) is 4.53. The van der Waals surface area contributed by atoms with Crippen LogP contribution < -0.4 is 0 Å². The summed E-state index contributed by atoms with van der Waals surface area (Å²) in [6.45, 7) is 3.62. The van der Waals surface area contributed by atoms with E-state index in [2.05, 4.69) is 11.8 Å². The second-order valence-electron chi connectivity index (χ2n) is 2.03. The number of hydrogen-bond donors (Lipinski definition) is 1. The highest BCUT2D eigenvalue weighted by atomic mass is 16.5. The second kappa shape index (κ2) is 5.75. The van der Waals surface area contributed by atoms with Crippen molar-refractivity contribution in [3.8, 4) is 11.8 Å². The van der Waals surface area contributed by atoms with Crippen LogP contribution in [0, 0.1) is 11.8 Å². The van der Waals surface area contributed by atoms with Crippen molar-refractivity contribution >= 4 is 5.97 Å². The van der Waals surface area contributed by atoms with Crippen molar-refractivity contribution in [3.63, 3.8) is 0 Å². The maximum atomic E-state index is 10.2. The van der Waals surface area contributed by atoms with Gasteiger partial charge >= 0.3 is 5.97 Å². The first-order valence-corrected chi connectivity index (χ1v) is 3.42. The third-order valence-electron chi connectivity index (χ3n) is 1.12. The van der Waals surface area contributed by atoms with Crippen molar-refractivity contribution in [1.82, 2.24) is 0 Å². The van der Waals surface area contributed by atoms with Gasteiger partial charge in [-0.05, 0) is 13.8 Å². The maximum absolute atomic E-state index is 10.2. The highest BCUT2D eigenvalue weighted by Gasteiger charge is 2.09. The van der Waals surface area contributed by atoms with E-state index in [0.717, 1.165) is 0 Å². The fraction of sp³-hybridized carbons (Fsp3) is 0.625. The Kier molecular flexibility index (Phi) is 5.22. The zero-order chi connectivity index (χ0) is 8.69. The minimum Gasteiger partial charge on any atom is -0.479 e. The molecule has 0 aliphatic carbocycles. The van der Waals surface area contributed by atoms with Crippen molar-refractivity contribution in [1.29, 1.82) is 0 Å². The predicted molar refractivity (Wildman–Crippen MR) is 41.1 cm³/mol. The Morgan fingerprint density at radius 3 is 2.82 bits per heavy atom. The molecule has 1 atom stereocenters. The molecule has 11 heavy (non-hydrogen) atoms. The zero-order valence-corrected chi connectivity index (χ0v) is 6.76. The molecule has 0 aromatic carbocycles. The molecule has 0 saturated carbocycles. The van der Waals surface area contributed by atoms with Gasteiger partial charge in [-0.3, -0.25) is 0 Å². The van der Waals surface area contributed by atoms with E-state index in [4.69, 9.17) is 9.84 Å². The van der Waals surface area contributed by atoms with Crippen LogP contribution in [0.25, 0.3) is 0 Å². The van der Waals surface area contributed by atoms with E-state index in [-0.39, 0.29) is 0 Å². The molecule has 0 heterocycles. The first kappa shape index (κ1) is 9.99. The number of aliphatic carboxylic acids is 1. The Labute approximate surface area is 66.4 Å². The molecule has 3 nitrogen and oxygen atoms in total. The van der Waals surface area contributed by atoms with Gasteiger partial charge in [0, 0.05) is 6.42 Å². The van der Waals surface area contributed by atoms with E-state index in [0.29, 0.717) is 13.0 Å². The van der Waals surface area contributed by atoms with Gasteiger partial charge in [0.2, 0.25) is 0 Å². The first-order valence-electron chi connectivity index (χ1n) is 3.42. The topological polar surface area (TPSA) is 46.5 Å². The predicted octanol–water partition coefficient (Wildman–Crippen LogP) is 0.889. The van der Waals surface area contributed by atoms with Crippen LogP contribution >= 0.6 is 0 Å². The highest BCUT2D eigenvalue weighted by Crippen LogP contribution is 1.91. The Bertz CT molecular complexity index is 176. The molecule has 0 aromatic heterocycles. The third-order valence-corrected chi connectivity index (χ3v) is 1.12. The molecule has 3 heteroatoms. The fourth-order valence-electron chi connectivity index (χ4n) is 0.483. The lowest BCUT2D eigenvalue weighted by atomic mass is 10.4. The third kappa shape index (κ3) is 5.43. The largest absolute Gasteiger partial charge is 0.479 e. The van der Waals surface area contributed by atoms with Gasteiger partial charge in [-0.2, -0.15) is 0 Å². The fourth-order valence-corrected chi connectivity index (χ4v) is 0.483. The van der Waals surface area contributed by atoms with Gasteiger partial charge in [-0.25, -0.2) is 4.79 Å². The summed E-state index contributed by atoms with van der Waals surface area (Å²) in [6.07, 6.45) is -0.137. The summed E-state index contributed by atoms with van der Waals surface area (Å²) in [7, 11) is 0. The Balaban J connectivity index is 3.36.